The average molecular weight is 663 g/mol. The van der Waals surface area contributed by atoms with Crippen LogP contribution in [-0.2, 0) is 0 Å². The van der Waals surface area contributed by atoms with E-state index < -0.39 is 0 Å². The van der Waals surface area contributed by atoms with Crippen molar-refractivity contribution in [3.8, 4) is 33.9 Å². The van der Waals surface area contributed by atoms with Crippen LogP contribution in [0.3, 0.4) is 0 Å². The van der Waals surface area contributed by atoms with Crippen LogP contribution in [0.15, 0.2) is 182 Å². The molecule has 8 aromatic carbocycles. The van der Waals surface area contributed by atoms with Crippen LogP contribution >= 0.6 is 0 Å². The van der Waals surface area contributed by atoms with Crippen molar-refractivity contribution < 1.29 is 0 Å². The summed E-state index contributed by atoms with van der Waals surface area (Å²) in [5.41, 5.74) is 11.4. The van der Waals surface area contributed by atoms with Gasteiger partial charge in [-0.15, -0.1) is 0 Å². The Hall–Kier alpha value is -7.04. The van der Waals surface area contributed by atoms with E-state index in [0.717, 1.165) is 27.6 Å². The summed E-state index contributed by atoms with van der Waals surface area (Å²) in [4.78, 5) is 9.99. The Morgan fingerprint density at radius 2 is 1.06 bits per heavy atom. The molecule has 0 aliphatic carbocycles. The fourth-order valence-electron chi connectivity index (χ4n) is 8.23. The first-order chi connectivity index (χ1) is 25.8. The third-order valence-corrected chi connectivity index (χ3v) is 10.6. The highest BCUT2D eigenvalue weighted by Gasteiger charge is 2.20. The summed E-state index contributed by atoms with van der Waals surface area (Å²) in [6, 6.07) is 63.1. The second-order valence-corrected chi connectivity index (χ2v) is 13.4. The van der Waals surface area contributed by atoms with Crippen molar-refractivity contribution in [2.45, 2.75) is 0 Å². The van der Waals surface area contributed by atoms with E-state index in [9.17, 15) is 0 Å². The van der Waals surface area contributed by atoms with E-state index in [1.54, 1.807) is 0 Å². The van der Waals surface area contributed by atoms with Gasteiger partial charge in [-0.2, -0.15) is 0 Å². The van der Waals surface area contributed by atoms with E-state index in [1.807, 2.05) is 18.3 Å². The second-order valence-electron chi connectivity index (χ2n) is 13.4. The molecule has 0 saturated carbocycles. The maximum absolute atomic E-state index is 5.08. The molecule has 0 aliphatic heterocycles. The van der Waals surface area contributed by atoms with E-state index in [0.29, 0.717) is 5.95 Å². The van der Waals surface area contributed by atoms with Gasteiger partial charge in [-0.3, -0.25) is 4.57 Å². The van der Waals surface area contributed by atoms with Crippen LogP contribution < -0.4 is 0 Å². The third-order valence-electron chi connectivity index (χ3n) is 10.6. The van der Waals surface area contributed by atoms with Gasteiger partial charge < -0.3 is 4.57 Å². The zero-order chi connectivity index (χ0) is 34.2. The summed E-state index contributed by atoms with van der Waals surface area (Å²) in [7, 11) is 0. The third kappa shape index (κ3) is 4.28. The highest BCUT2D eigenvalue weighted by Crippen LogP contribution is 2.43. The molecule has 3 aromatic heterocycles. The van der Waals surface area contributed by atoms with Crippen LogP contribution in [0, 0.1) is 0 Å². The van der Waals surface area contributed by atoms with E-state index in [2.05, 4.69) is 173 Å². The van der Waals surface area contributed by atoms with Crippen LogP contribution in [0.5, 0.6) is 0 Å². The van der Waals surface area contributed by atoms with Gasteiger partial charge >= 0.3 is 0 Å². The van der Waals surface area contributed by atoms with Crippen molar-refractivity contribution in [2.75, 3.05) is 0 Å². The summed E-state index contributed by atoms with van der Waals surface area (Å²) < 4.78 is 4.63. The Morgan fingerprint density at radius 3 is 1.92 bits per heavy atom. The van der Waals surface area contributed by atoms with E-state index in [4.69, 9.17) is 9.97 Å². The lowest BCUT2D eigenvalue weighted by atomic mass is 9.94. The number of benzene rings is 8. The molecule has 0 saturated heterocycles. The summed E-state index contributed by atoms with van der Waals surface area (Å²) in [5.74, 6) is 0.669. The number of hydrogen-bond acceptors (Lipinski definition) is 2. The molecule has 4 heteroatoms. The largest absolute Gasteiger partial charge is 0.309 e. The van der Waals surface area contributed by atoms with Gasteiger partial charge in [0.05, 0.1) is 27.6 Å². The van der Waals surface area contributed by atoms with Crippen molar-refractivity contribution in [3.05, 3.63) is 182 Å². The number of para-hydroxylation sites is 3. The van der Waals surface area contributed by atoms with Gasteiger partial charge in [-0.1, -0.05) is 127 Å². The molecule has 3 heterocycles. The van der Waals surface area contributed by atoms with Crippen molar-refractivity contribution in [1.29, 1.82) is 0 Å². The molecule has 0 atom stereocenters. The van der Waals surface area contributed by atoms with Crippen LogP contribution in [-0.4, -0.2) is 19.1 Å². The number of aromatic nitrogens is 4. The van der Waals surface area contributed by atoms with Gasteiger partial charge in [0.2, 0.25) is 5.95 Å². The van der Waals surface area contributed by atoms with Gasteiger partial charge in [-0.25, -0.2) is 9.97 Å². The first-order valence-electron chi connectivity index (χ1n) is 17.7. The molecule has 0 amide bonds. The summed E-state index contributed by atoms with van der Waals surface area (Å²) in [6.07, 6.45) is 1.93. The number of hydrogen-bond donors (Lipinski definition) is 0. The number of rotatable bonds is 4. The number of fused-ring (bicyclic) bond motifs is 9. The molecule has 0 unspecified atom stereocenters. The first kappa shape index (κ1) is 28.8. The molecule has 11 aromatic rings. The molecule has 0 radical (unpaired) electrons. The van der Waals surface area contributed by atoms with Crippen LogP contribution in [0.1, 0.15) is 0 Å². The molecule has 11 rings (SSSR count). The molecular weight excluding hydrogens is 633 g/mol. The van der Waals surface area contributed by atoms with Gasteiger partial charge in [0.1, 0.15) is 0 Å². The Bertz CT molecular complexity index is 3190. The van der Waals surface area contributed by atoms with E-state index >= 15 is 0 Å². The second kappa shape index (κ2) is 11.2. The SMILES string of the molecule is c1ccc(-c2cccc(-n3c4ccccc4c4cc(-c5cc6c(c7ccccc57)c5ccccc5n6-c5ncc6ccccc6n5)ccc43)c2)cc1. The molecule has 0 spiro atoms. The fraction of sp³-hybridized carbons (Fsp3) is 0. The van der Waals surface area contributed by atoms with Crippen LogP contribution in [0.2, 0.25) is 0 Å². The maximum Gasteiger partial charge on any atom is 0.235 e. The van der Waals surface area contributed by atoms with Crippen molar-refractivity contribution in [1.82, 2.24) is 19.1 Å². The molecule has 0 N–H and O–H groups in total. The first-order valence-corrected chi connectivity index (χ1v) is 17.7. The van der Waals surface area contributed by atoms with Crippen LogP contribution in [0.4, 0.5) is 0 Å². The van der Waals surface area contributed by atoms with Gasteiger partial charge in [0.15, 0.2) is 0 Å². The minimum Gasteiger partial charge on any atom is -0.309 e. The average Bonchev–Trinajstić information content (AvgIpc) is 3.73. The highest BCUT2D eigenvalue weighted by atomic mass is 15.2. The standard InChI is InChI=1S/C48H30N4/c1-2-13-31(14-3-1)32-16-12-17-35(27-32)51-43-23-10-7-19-37(43)41-28-33(25-26-45(41)51)40-29-46-47(38-20-6-5-18-36(38)40)39-21-8-11-24-44(39)52(46)48-49-30-34-15-4-9-22-42(34)50-48/h1-30H. The summed E-state index contributed by atoms with van der Waals surface area (Å²) in [6.45, 7) is 0. The molecular formula is C48H30N4. The molecule has 4 nitrogen and oxygen atoms in total. The molecule has 52 heavy (non-hydrogen) atoms. The lowest BCUT2D eigenvalue weighted by molar-refractivity contribution is 1.01. The minimum atomic E-state index is 0.669. The minimum absolute atomic E-state index is 0.669. The molecule has 0 aliphatic rings. The summed E-state index contributed by atoms with van der Waals surface area (Å²) in [5, 5.41) is 8.31. The Labute approximate surface area is 299 Å². The lowest BCUT2D eigenvalue weighted by Crippen LogP contribution is -2.01. The van der Waals surface area contributed by atoms with Crippen molar-refractivity contribution >= 4 is 65.3 Å². The number of nitrogens with zero attached hydrogens (tertiary/aromatic N) is 4. The lowest BCUT2D eigenvalue weighted by Gasteiger charge is -2.13. The highest BCUT2D eigenvalue weighted by molar-refractivity contribution is 6.24. The van der Waals surface area contributed by atoms with Crippen molar-refractivity contribution in [3.63, 3.8) is 0 Å². The van der Waals surface area contributed by atoms with E-state index in [-0.39, 0.29) is 0 Å². The monoisotopic (exact) mass is 662 g/mol. The Balaban J connectivity index is 1.17. The van der Waals surface area contributed by atoms with Gasteiger partial charge in [0.25, 0.3) is 0 Å². The quantitative estimate of drug-likeness (QED) is 0.188. The fourth-order valence-corrected chi connectivity index (χ4v) is 8.23. The smallest absolute Gasteiger partial charge is 0.235 e. The predicted octanol–water partition coefficient (Wildman–Crippen LogP) is 12.3. The normalized spacial score (nSPS) is 11.8. The molecule has 0 fully saturated rings. The van der Waals surface area contributed by atoms with E-state index in [1.165, 1.54) is 65.6 Å². The zero-order valence-electron chi connectivity index (χ0n) is 28.1. The molecule has 0 bridgehead atoms. The topological polar surface area (TPSA) is 35.6 Å². The van der Waals surface area contributed by atoms with Gasteiger partial charge in [-0.05, 0) is 81.6 Å². The van der Waals surface area contributed by atoms with Gasteiger partial charge in [0, 0.05) is 38.8 Å². The predicted molar refractivity (Wildman–Crippen MR) is 217 cm³/mol. The Morgan fingerprint density at radius 1 is 0.385 bits per heavy atom. The molecule has 242 valence electrons. The zero-order valence-corrected chi connectivity index (χ0v) is 28.1. The summed E-state index contributed by atoms with van der Waals surface area (Å²) >= 11 is 0. The van der Waals surface area contributed by atoms with Crippen LogP contribution in [0.25, 0.3) is 99.2 Å². The maximum atomic E-state index is 5.08. The van der Waals surface area contributed by atoms with Crippen molar-refractivity contribution in [2.24, 2.45) is 0 Å². The Kier molecular flexibility index (Phi) is 6.22.